The van der Waals surface area contributed by atoms with Gasteiger partial charge < -0.3 is 0 Å². The Labute approximate surface area is 142 Å². The molecule has 0 aliphatic carbocycles. The van der Waals surface area contributed by atoms with Gasteiger partial charge in [0.05, 0.1) is 22.6 Å². The number of nitriles is 1. The number of nitrogens with zero attached hydrogens (tertiary/aromatic N) is 1. The second kappa shape index (κ2) is 7.41. The molecule has 0 N–H and O–H groups in total. The first kappa shape index (κ1) is 17.9. The van der Waals surface area contributed by atoms with Crippen LogP contribution in [-0.4, -0.2) is 19.5 Å². The van der Waals surface area contributed by atoms with Gasteiger partial charge in [-0.05, 0) is 37.1 Å². The fourth-order valence-electron chi connectivity index (χ4n) is 2.17. The largest absolute Gasteiger partial charge is 0.294 e. The van der Waals surface area contributed by atoms with Crippen LogP contribution < -0.4 is 0 Å². The van der Waals surface area contributed by atoms with Crippen LogP contribution in [0.3, 0.4) is 0 Å². The van der Waals surface area contributed by atoms with Gasteiger partial charge in [-0.15, -0.1) is 0 Å². The van der Waals surface area contributed by atoms with E-state index in [1.165, 1.54) is 0 Å². The van der Waals surface area contributed by atoms with Crippen LogP contribution >= 0.6 is 0 Å². The first-order valence-corrected chi connectivity index (χ1v) is 9.36. The Balaban J connectivity index is 2.07. The molecule has 0 aliphatic rings. The van der Waals surface area contributed by atoms with Crippen molar-refractivity contribution in [3.05, 3.63) is 70.8 Å². The van der Waals surface area contributed by atoms with Crippen LogP contribution in [0.15, 0.2) is 48.5 Å². The molecule has 2 aromatic rings. The molecule has 5 heteroatoms. The predicted octanol–water partition coefficient (Wildman–Crippen LogP) is 3.31. The molecule has 0 saturated heterocycles. The number of rotatable bonds is 6. The van der Waals surface area contributed by atoms with Crippen LogP contribution in [0, 0.1) is 11.3 Å². The molecule has 24 heavy (non-hydrogen) atoms. The van der Waals surface area contributed by atoms with Gasteiger partial charge in [0.2, 0.25) is 0 Å². The third kappa shape index (κ3) is 4.53. The molecule has 0 atom stereocenters. The van der Waals surface area contributed by atoms with Gasteiger partial charge in [0.25, 0.3) is 0 Å². The molecule has 0 unspecified atom stereocenters. The molecule has 0 amide bonds. The highest BCUT2D eigenvalue weighted by molar-refractivity contribution is 7.91. The van der Waals surface area contributed by atoms with E-state index in [-0.39, 0.29) is 18.0 Å². The number of ketones is 1. The van der Waals surface area contributed by atoms with Crippen molar-refractivity contribution < 1.29 is 13.2 Å². The molecule has 0 radical (unpaired) electrons. The average molecular weight is 341 g/mol. The van der Waals surface area contributed by atoms with E-state index in [4.69, 9.17) is 5.26 Å². The van der Waals surface area contributed by atoms with Gasteiger partial charge in [-0.2, -0.15) is 5.26 Å². The van der Waals surface area contributed by atoms with Crippen molar-refractivity contribution in [2.75, 3.05) is 0 Å². The molecule has 0 fully saturated rings. The summed E-state index contributed by atoms with van der Waals surface area (Å²) in [5.41, 5.74) is 2.62. The molecule has 0 aliphatic heterocycles. The molecule has 0 bridgehead atoms. The zero-order chi connectivity index (χ0) is 17.7. The summed E-state index contributed by atoms with van der Waals surface area (Å²) in [7, 11) is -3.15. The van der Waals surface area contributed by atoms with Gasteiger partial charge >= 0.3 is 0 Å². The van der Waals surface area contributed by atoms with Crippen molar-refractivity contribution in [1.82, 2.24) is 0 Å². The second-order valence-electron chi connectivity index (χ2n) is 5.96. The minimum atomic E-state index is -3.15. The number of Topliss-reactive ketones (excluding diaryl/α,β-unsaturated/α-hetero) is 1. The molecule has 124 valence electrons. The summed E-state index contributed by atoms with van der Waals surface area (Å²) >= 11 is 0. The number of sulfone groups is 1. The Hall–Kier alpha value is -2.45. The number of carbonyl (C=O) groups is 1. The van der Waals surface area contributed by atoms with Crippen LogP contribution in [-0.2, 0) is 22.0 Å². The lowest BCUT2D eigenvalue weighted by Gasteiger charge is -2.08. The van der Waals surface area contributed by atoms with E-state index in [0.29, 0.717) is 16.7 Å². The molecule has 0 heterocycles. The summed E-state index contributed by atoms with van der Waals surface area (Å²) in [6, 6.07) is 15.6. The number of carbonyl (C=O) groups excluding carboxylic acids is 1. The first-order chi connectivity index (χ1) is 11.3. The highest BCUT2D eigenvalue weighted by Gasteiger charge is 2.17. The van der Waals surface area contributed by atoms with Gasteiger partial charge in [0.15, 0.2) is 15.6 Å². The second-order valence-corrected chi connectivity index (χ2v) is 8.52. The third-order valence-electron chi connectivity index (χ3n) is 3.81. The highest BCUT2D eigenvalue weighted by atomic mass is 32.2. The summed E-state index contributed by atoms with van der Waals surface area (Å²) in [6.07, 6.45) is 0.245. The number of benzene rings is 2. The van der Waals surface area contributed by atoms with Crippen molar-refractivity contribution in [1.29, 1.82) is 5.26 Å². The van der Waals surface area contributed by atoms with Gasteiger partial charge in [-0.25, -0.2) is 8.42 Å². The molecular weight excluding hydrogens is 322 g/mol. The zero-order valence-electron chi connectivity index (χ0n) is 13.7. The monoisotopic (exact) mass is 341 g/mol. The molecule has 0 aromatic heterocycles. The molecule has 0 spiro atoms. The maximum Gasteiger partial charge on any atom is 0.167 e. The minimum Gasteiger partial charge on any atom is -0.294 e. The van der Waals surface area contributed by atoms with E-state index in [9.17, 15) is 13.2 Å². The number of hydrogen-bond donors (Lipinski definition) is 0. The third-order valence-corrected chi connectivity index (χ3v) is 5.98. The smallest absolute Gasteiger partial charge is 0.167 e. The van der Waals surface area contributed by atoms with Crippen molar-refractivity contribution in [2.45, 2.75) is 31.3 Å². The standard InChI is InChI=1S/C19H19NO3S/c1-14(2)24(22,23)13-17-7-9-18(10-8-17)19(21)11-15-3-5-16(12-20)6-4-15/h3-10,14H,11,13H2,1-2H3. The van der Waals surface area contributed by atoms with E-state index in [1.807, 2.05) is 6.07 Å². The lowest BCUT2D eigenvalue weighted by Crippen LogP contribution is -2.16. The highest BCUT2D eigenvalue weighted by Crippen LogP contribution is 2.14. The topological polar surface area (TPSA) is 75.0 Å². The predicted molar refractivity (Wildman–Crippen MR) is 93.4 cm³/mol. The summed E-state index contributed by atoms with van der Waals surface area (Å²) in [5.74, 6) is -0.0626. The van der Waals surface area contributed by atoms with Crippen LogP contribution in [0.5, 0.6) is 0 Å². The average Bonchev–Trinajstić information content (AvgIpc) is 2.55. The normalized spacial score (nSPS) is 11.2. The summed E-state index contributed by atoms with van der Waals surface area (Å²) in [6.45, 7) is 3.32. The van der Waals surface area contributed by atoms with E-state index >= 15 is 0 Å². The lowest BCUT2D eigenvalue weighted by atomic mass is 10.0. The van der Waals surface area contributed by atoms with Crippen LogP contribution in [0.2, 0.25) is 0 Å². The van der Waals surface area contributed by atoms with E-state index < -0.39 is 15.1 Å². The Kier molecular flexibility index (Phi) is 5.53. The molecule has 2 aromatic carbocycles. The van der Waals surface area contributed by atoms with Crippen molar-refractivity contribution in [3.63, 3.8) is 0 Å². The molecular formula is C19H19NO3S. The maximum absolute atomic E-state index is 12.3. The summed E-state index contributed by atoms with van der Waals surface area (Å²) in [5, 5.41) is 8.35. The fraction of sp³-hybridized carbons (Fsp3) is 0.263. The Morgan fingerprint density at radius 1 is 1.00 bits per heavy atom. The summed E-state index contributed by atoms with van der Waals surface area (Å²) in [4.78, 5) is 12.3. The number of hydrogen-bond acceptors (Lipinski definition) is 4. The molecule has 2 rings (SSSR count). The van der Waals surface area contributed by atoms with Crippen molar-refractivity contribution in [2.24, 2.45) is 0 Å². The van der Waals surface area contributed by atoms with Gasteiger partial charge in [0.1, 0.15) is 0 Å². The van der Waals surface area contributed by atoms with Gasteiger partial charge in [-0.1, -0.05) is 36.4 Å². The lowest BCUT2D eigenvalue weighted by molar-refractivity contribution is 0.0993. The SMILES string of the molecule is CC(C)S(=O)(=O)Cc1ccc(C(=O)Cc2ccc(C#N)cc2)cc1. The summed E-state index contributed by atoms with van der Waals surface area (Å²) < 4.78 is 23.8. The van der Waals surface area contributed by atoms with Crippen LogP contribution in [0.1, 0.15) is 40.9 Å². The van der Waals surface area contributed by atoms with E-state index in [2.05, 4.69) is 0 Å². The Bertz CT molecular complexity index is 858. The first-order valence-electron chi connectivity index (χ1n) is 7.64. The molecule has 0 saturated carbocycles. The van der Waals surface area contributed by atoms with Crippen molar-refractivity contribution >= 4 is 15.6 Å². The Morgan fingerprint density at radius 3 is 2.04 bits per heavy atom. The van der Waals surface area contributed by atoms with Gasteiger partial charge in [-0.3, -0.25) is 4.79 Å². The van der Waals surface area contributed by atoms with Crippen LogP contribution in [0.25, 0.3) is 0 Å². The van der Waals surface area contributed by atoms with E-state index in [0.717, 1.165) is 5.56 Å². The molecule has 4 nitrogen and oxygen atoms in total. The Morgan fingerprint density at radius 2 is 1.54 bits per heavy atom. The maximum atomic E-state index is 12.3. The van der Waals surface area contributed by atoms with Crippen molar-refractivity contribution in [3.8, 4) is 6.07 Å². The van der Waals surface area contributed by atoms with E-state index in [1.54, 1.807) is 62.4 Å². The fourth-order valence-corrected chi connectivity index (χ4v) is 3.16. The zero-order valence-corrected chi connectivity index (χ0v) is 14.5. The van der Waals surface area contributed by atoms with Gasteiger partial charge in [0, 0.05) is 12.0 Å². The minimum absolute atomic E-state index is 0.0191. The van der Waals surface area contributed by atoms with Crippen LogP contribution in [0.4, 0.5) is 0 Å². The quantitative estimate of drug-likeness (QED) is 0.756.